The first-order chi connectivity index (χ1) is 10.6. The van der Waals surface area contributed by atoms with Gasteiger partial charge in [0.25, 0.3) is 5.91 Å². The number of hydrogen-bond donors (Lipinski definition) is 2. The third-order valence-electron chi connectivity index (χ3n) is 3.79. The zero-order valence-corrected chi connectivity index (χ0v) is 12.8. The molecule has 1 fully saturated rings. The Kier molecular flexibility index (Phi) is 6.15. The van der Waals surface area contributed by atoms with Gasteiger partial charge in [0.1, 0.15) is 5.82 Å². The number of anilines is 1. The summed E-state index contributed by atoms with van der Waals surface area (Å²) in [6.07, 6.45) is 0.630. The Labute approximate surface area is 130 Å². The van der Waals surface area contributed by atoms with Gasteiger partial charge in [0, 0.05) is 31.8 Å². The number of ether oxygens (including phenoxy) is 1. The largest absolute Gasteiger partial charge is 0.396 e. The summed E-state index contributed by atoms with van der Waals surface area (Å²) in [4.78, 5) is 13.9. The number of hydrogen-bond acceptors (Lipinski definition) is 4. The molecule has 122 valence electrons. The molecule has 1 aromatic rings. The SMILES string of the molecule is CC(CCO)CNC(=O)c1ccc(N2CCOCC2)c(F)c1. The number of carbonyl (C=O) groups is 1. The molecule has 0 aliphatic carbocycles. The molecular formula is C16H23FN2O3. The number of aliphatic hydroxyl groups excluding tert-OH is 1. The van der Waals surface area contributed by atoms with Crippen LogP contribution in [-0.2, 0) is 4.74 Å². The van der Waals surface area contributed by atoms with Crippen molar-refractivity contribution in [2.45, 2.75) is 13.3 Å². The Morgan fingerprint density at radius 1 is 1.45 bits per heavy atom. The molecule has 1 aliphatic heterocycles. The van der Waals surface area contributed by atoms with Crippen LogP contribution in [-0.4, -0.2) is 50.5 Å². The molecule has 5 nitrogen and oxygen atoms in total. The highest BCUT2D eigenvalue weighted by Gasteiger charge is 2.17. The zero-order chi connectivity index (χ0) is 15.9. The van der Waals surface area contributed by atoms with Gasteiger partial charge in [-0.05, 0) is 30.5 Å². The molecular weight excluding hydrogens is 287 g/mol. The van der Waals surface area contributed by atoms with Crippen molar-refractivity contribution in [3.63, 3.8) is 0 Å². The molecule has 0 spiro atoms. The van der Waals surface area contributed by atoms with E-state index in [9.17, 15) is 9.18 Å². The molecule has 2 N–H and O–H groups in total. The number of aliphatic hydroxyl groups is 1. The highest BCUT2D eigenvalue weighted by Crippen LogP contribution is 2.21. The number of carbonyl (C=O) groups excluding carboxylic acids is 1. The van der Waals surface area contributed by atoms with E-state index in [2.05, 4.69) is 5.32 Å². The average molecular weight is 310 g/mol. The standard InChI is InChI=1S/C16H23FN2O3/c1-12(4-7-20)11-18-16(21)13-2-3-15(14(17)10-13)19-5-8-22-9-6-19/h2-3,10,12,20H,4-9,11H2,1H3,(H,18,21). The number of rotatable bonds is 6. The molecule has 1 unspecified atom stereocenters. The first-order valence-electron chi connectivity index (χ1n) is 7.63. The Bertz CT molecular complexity index is 504. The monoisotopic (exact) mass is 310 g/mol. The normalized spacial score (nSPS) is 16.4. The van der Waals surface area contributed by atoms with E-state index in [-0.39, 0.29) is 18.4 Å². The van der Waals surface area contributed by atoms with E-state index in [1.54, 1.807) is 12.1 Å². The summed E-state index contributed by atoms with van der Waals surface area (Å²) >= 11 is 0. The second kappa shape index (κ2) is 8.10. The second-order valence-electron chi connectivity index (χ2n) is 5.59. The van der Waals surface area contributed by atoms with E-state index < -0.39 is 5.82 Å². The zero-order valence-electron chi connectivity index (χ0n) is 12.8. The lowest BCUT2D eigenvalue weighted by Gasteiger charge is -2.29. The van der Waals surface area contributed by atoms with Gasteiger partial charge in [-0.1, -0.05) is 6.92 Å². The summed E-state index contributed by atoms with van der Waals surface area (Å²) in [6, 6.07) is 4.56. The van der Waals surface area contributed by atoms with E-state index >= 15 is 0 Å². The molecule has 0 aromatic heterocycles. The van der Waals surface area contributed by atoms with Gasteiger partial charge in [-0.25, -0.2) is 4.39 Å². The van der Waals surface area contributed by atoms with Gasteiger partial charge in [-0.3, -0.25) is 4.79 Å². The van der Waals surface area contributed by atoms with Gasteiger partial charge in [0.15, 0.2) is 0 Å². The number of benzene rings is 1. The molecule has 6 heteroatoms. The number of amides is 1. The smallest absolute Gasteiger partial charge is 0.251 e. The lowest BCUT2D eigenvalue weighted by Crippen LogP contribution is -2.36. The molecule has 1 aliphatic rings. The summed E-state index contributed by atoms with van der Waals surface area (Å²) < 4.78 is 19.5. The van der Waals surface area contributed by atoms with Crippen LogP contribution in [0.5, 0.6) is 0 Å². The maximum Gasteiger partial charge on any atom is 0.251 e. The van der Waals surface area contributed by atoms with E-state index in [4.69, 9.17) is 9.84 Å². The van der Waals surface area contributed by atoms with Crippen molar-refractivity contribution < 1.29 is 19.0 Å². The fourth-order valence-electron chi connectivity index (χ4n) is 2.40. The molecule has 1 heterocycles. The summed E-state index contributed by atoms with van der Waals surface area (Å²) in [5.74, 6) is -0.499. The summed E-state index contributed by atoms with van der Waals surface area (Å²) in [5.41, 5.74) is 0.819. The average Bonchev–Trinajstić information content (AvgIpc) is 2.53. The van der Waals surface area contributed by atoms with E-state index in [1.165, 1.54) is 6.07 Å². The summed E-state index contributed by atoms with van der Waals surface area (Å²) in [6.45, 7) is 4.99. The Morgan fingerprint density at radius 2 is 2.18 bits per heavy atom. The van der Waals surface area contributed by atoms with Crippen LogP contribution in [0.25, 0.3) is 0 Å². The third kappa shape index (κ3) is 4.42. The van der Waals surface area contributed by atoms with Crippen LogP contribution in [0.1, 0.15) is 23.7 Å². The van der Waals surface area contributed by atoms with E-state index in [1.807, 2.05) is 11.8 Å². The third-order valence-corrected chi connectivity index (χ3v) is 3.79. The fourth-order valence-corrected chi connectivity index (χ4v) is 2.40. The molecule has 1 saturated heterocycles. The van der Waals surface area contributed by atoms with Crippen molar-refractivity contribution >= 4 is 11.6 Å². The Balaban J connectivity index is 1.97. The number of morpholine rings is 1. The maximum absolute atomic E-state index is 14.2. The highest BCUT2D eigenvalue weighted by molar-refractivity contribution is 5.94. The Hall–Kier alpha value is -1.66. The van der Waals surface area contributed by atoms with Crippen molar-refractivity contribution in [3.8, 4) is 0 Å². The number of halogens is 1. The minimum absolute atomic E-state index is 0.0971. The second-order valence-corrected chi connectivity index (χ2v) is 5.59. The Morgan fingerprint density at radius 3 is 2.82 bits per heavy atom. The first-order valence-corrected chi connectivity index (χ1v) is 7.63. The van der Waals surface area contributed by atoms with Crippen LogP contribution in [0.15, 0.2) is 18.2 Å². The van der Waals surface area contributed by atoms with Crippen LogP contribution < -0.4 is 10.2 Å². The van der Waals surface area contributed by atoms with Crippen LogP contribution in [0.3, 0.4) is 0 Å². The van der Waals surface area contributed by atoms with Crippen LogP contribution in [0.2, 0.25) is 0 Å². The van der Waals surface area contributed by atoms with Gasteiger partial charge < -0.3 is 20.1 Å². The number of nitrogens with zero attached hydrogens (tertiary/aromatic N) is 1. The summed E-state index contributed by atoms with van der Waals surface area (Å²) in [5, 5.41) is 11.6. The summed E-state index contributed by atoms with van der Waals surface area (Å²) in [7, 11) is 0. The maximum atomic E-state index is 14.2. The van der Waals surface area contributed by atoms with Gasteiger partial charge in [0.2, 0.25) is 0 Å². The topological polar surface area (TPSA) is 61.8 Å². The van der Waals surface area contributed by atoms with E-state index in [0.29, 0.717) is 50.5 Å². The fraction of sp³-hybridized carbons (Fsp3) is 0.562. The van der Waals surface area contributed by atoms with Crippen LogP contribution >= 0.6 is 0 Å². The molecule has 1 atom stereocenters. The predicted octanol–water partition coefficient (Wildman–Crippen LogP) is 1.41. The molecule has 1 aromatic carbocycles. The van der Waals surface area contributed by atoms with Crippen LogP contribution in [0, 0.1) is 11.7 Å². The molecule has 22 heavy (non-hydrogen) atoms. The minimum Gasteiger partial charge on any atom is -0.396 e. The van der Waals surface area contributed by atoms with Gasteiger partial charge in [0.05, 0.1) is 18.9 Å². The lowest BCUT2D eigenvalue weighted by atomic mass is 10.1. The lowest BCUT2D eigenvalue weighted by molar-refractivity contribution is 0.0945. The number of nitrogens with one attached hydrogen (secondary N) is 1. The van der Waals surface area contributed by atoms with Gasteiger partial charge in [-0.2, -0.15) is 0 Å². The van der Waals surface area contributed by atoms with Crippen molar-refractivity contribution in [3.05, 3.63) is 29.6 Å². The van der Waals surface area contributed by atoms with Gasteiger partial charge in [-0.15, -0.1) is 0 Å². The molecule has 1 amide bonds. The van der Waals surface area contributed by atoms with Crippen molar-refractivity contribution in [2.24, 2.45) is 5.92 Å². The highest BCUT2D eigenvalue weighted by atomic mass is 19.1. The van der Waals surface area contributed by atoms with Gasteiger partial charge >= 0.3 is 0 Å². The first kappa shape index (κ1) is 16.7. The quantitative estimate of drug-likeness (QED) is 0.834. The van der Waals surface area contributed by atoms with E-state index in [0.717, 1.165) is 0 Å². The van der Waals surface area contributed by atoms with Crippen LogP contribution in [0.4, 0.5) is 10.1 Å². The molecule has 2 rings (SSSR count). The van der Waals surface area contributed by atoms with Crippen molar-refractivity contribution in [2.75, 3.05) is 44.4 Å². The molecule has 0 bridgehead atoms. The van der Waals surface area contributed by atoms with Crippen molar-refractivity contribution in [1.29, 1.82) is 0 Å². The minimum atomic E-state index is -0.391. The predicted molar refractivity (Wildman–Crippen MR) is 82.6 cm³/mol. The molecule has 0 radical (unpaired) electrons. The van der Waals surface area contributed by atoms with Crippen molar-refractivity contribution in [1.82, 2.24) is 5.32 Å². The molecule has 0 saturated carbocycles.